The minimum absolute atomic E-state index is 0.0169. The van der Waals surface area contributed by atoms with Crippen LogP contribution in [0.15, 0.2) is 46.0 Å². The van der Waals surface area contributed by atoms with Crippen molar-refractivity contribution in [2.75, 3.05) is 0 Å². The summed E-state index contributed by atoms with van der Waals surface area (Å²) >= 11 is 3.47. The van der Waals surface area contributed by atoms with E-state index in [1.165, 1.54) is 0 Å². The number of oxime groups is 1. The average Bonchev–Trinajstić information content (AvgIpc) is 2.41. The van der Waals surface area contributed by atoms with Gasteiger partial charge in [0.1, 0.15) is 11.5 Å². The number of hydrogen-bond acceptors (Lipinski definition) is 3. The third-order valence-electron chi connectivity index (χ3n) is 2.83. The van der Waals surface area contributed by atoms with Crippen molar-refractivity contribution < 1.29 is 9.94 Å². The minimum Gasteiger partial charge on any atom is -0.455 e. The molecule has 0 fully saturated rings. The molecule has 0 bridgehead atoms. The van der Waals surface area contributed by atoms with Crippen molar-refractivity contribution in [1.82, 2.24) is 0 Å². The maximum absolute atomic E-state index is 8.84. The highest BCUT2D eigenvalue weighted by Crippen LogP contribution is 2.32. The van der Waals surface area contributed by atoms with Gasteiger partial charge in [-0.15, -0.1) is 0 Å². The van der Waals surface area contributed by atoms with Crippen molar-refractivity contribution in [3.63, 3.8) is 0 Å². The Kier molecular flexibility index (Phi) is 4.29. The summed E-state index contributed by atoms with van der Waals surface area (Å²) in [5.41, 5.74) is 8.37. The third-order valence-corrected chi connectivity index (χ3v) is 3.45. The Labute approximate surface area is 126 Å². The van der Waals surface area contributed by atoms with Crippen LogP contribution in [0.4, 0.5) is 0 Å². The van der Waals surface area contributed by atoms with Gasteiger partial charge in [-0.05, 0) is 65.2 Å². The van der Waals surface area contributed by atoms with Crippen LogP contribution in [0.1, 0.15) is 16.7 Å². The second-order valence-corrected chi connectivity index (χ2v) is 5.38. The SMILES string of the molecule is Cc1ccc(Oc2cc(C)ccc2C(N)=NO)c(Br)c1. The van der Waals surface area contributed by atoms with Gasteiger partial charge in [-0.25, -0.2) is 0 Å². The molecule has 104 valence electrons. The van der Waals surface area contributed by atoms with E-state index in [0.717, 1.165) is 15.6 Å². The molecule has 0 unspecified atom stereocenters. The van der Waals surface area contributed by atoms with Crippen molar-refractivity contribution in [1.29, 1.82) is 0 Å². The molecule has 2 aromatic carbocycles. The molecule has 2 rings (SSSR count). The second-order valence-electron chi connectivity index (χ2n) is 4.52. The van der Waals surface area contributed by atoms with Crippen LogP contribution in [0.25, 0.3) is 0 Å². The second kappa shape index (κ2) is 5.96. The molecule has 0 spiro atoms. The number of rotatable bonds is 3. The lowest BCUT2D eigenvalue weighted by Crippen LogP contribution is -2.14. The Morgan fingerprint density at radius 1 is 1.10 bits per heavy atom. The normalized spacial score (nSPS) is 11.4. The summed E-state index contributed by atoms with van der Waals surface area (Å²) in [6, 6.07) is 11.3. The van der Waals surface area contributed by atoms with E-state index in [0.29, 0.717) is 17.1 Å². The van der Waals surface area contributed by atoms with Gasteiger partial charge in [0.15, 0.2) is 5.84 Å². The lowest BCUT2D eigenvalue weighted by molar-refractivity contribution is 0.318. The van der Waals surface area contributed by atoms with Crippen LogP contribution in [0.5, 0.6) is 11.5 Å². The molecule has 0 radical (unpaired) electrons. The molecule has 0 amide bonds. The van der Waals surface area contributed by atoms with Crippen LogP contribution < -0.4 is 10.5 Å². The van der Waals surface area contributed by atoms with Gasteiger partial charge in [-0.1, -0.05) is 17.3 Å². The summed E-state index contributed by atoms with van der Waals surface area (Å²) in [7, 11) is 0. The zero-order valence-corrected chi connectivity index (χ0v) is 12.8. The monoisotopic (exact) mass is 334 g/mol. The predicted octanol–water partition coefficient (Wildman–Crippen LogP) is 3.95. The van der Waals surface area contributed by atoms with E-state index in [4.69, 9.17) is 15.7 Å². The van der Waals surface area contributed by atoms with Gasteiger partial charge in [0.05, 0.1) is 10.0 Å². The van der Waals surface area contributed by atoms with E-state index in [1.54, 1.807) is 6.07 Å². The average molecular weight is 335 g/mol. The first-order chi connectivity index (χ1) is 9.51. The first kappa shape index (κ1) is 14.4. The van der Waals surface area contributed by atoms with E-state index < -0.39 is 0 Å². The van der Waals surface area contributed by atoms with Crippen LogP contribution in [-0.2, 0) is 0 Å². The number of nitrogens with zero attached hydrogens (tertiary/aromatic N) is 1. The highest BCUT2D eigenvalue weighted by Gasteiger charge is 2.11. The van der Waals surface area contributed by atoms with Crippen molar-refractivity contribution >= 4 is 21.8 Å². The summed E-state index contributed by atoms with van der Waals surface area (Å²) in [6.07, 6.45) is 0. The highest BCUT2D eigenvalue weighted by atomic mass is 79.9. The number of ether oxygens (including phenoxy) is 1. The topological polar surface area (TPSA) is 67.8 Å². The molecule has 0 aliphatic carbocycles. The van der Waals surface area contributed by atoms with Gasteiger partial charge in [0.2, 0.25) is 0 Å². The predicted molar refractivity (Wildman–Crippen MR) is 82.6 cm³/mol. The van der Waals surface area contributed by atoms with Crippen molar-refractivity contribution in [2.24, 2.45) is 10.9 Å². The molecule has 3 N–H and O–H groups in total. The van der Waals surface area contributed by atoms with Gasteiger partial charge >= 0.3 is 0 Å². The van der Waals surface area contributed by atoms with Gasteiger partial charge in [0, 0.05) is 0 Å². The number of hydrogen-bond donors (Lipinski definition) is 2. The van der Waals surface area contributed by atoms with E-state index in [9.17, 15) is 0 Å². The van der Waals surface area contributed by atoms with Crippen molar-refractivity contribution in [3.05, 3.63) is 57.6 Å². The number of nitrogens with two attached hydrogens (primary N) is 1. The van der Waals surface area contributed by atoms with Crippen LogP contribution >= 0.6 is 15.9 Å². The van der Waals surface area contributed by atoms with Gasteiger partial charge in [-0.2, -0.15) is 0 Å². The number of amidine groups is 1. The Balaban J connectivity index is 2.44. The fraction of sp³-hybridized carbons (Fsp3) is 0.133. The molecule has 0 heterocycles. The van der Waals surface area contributed by atoms with Crippen LogP contribution in [0.3, 0.4) is 0 Å². The standard InChI is InChI=1S/C15H15BrN2O2/c1-9-4-6-13(12(16)7-9)20-14-8-10(2)3-5-11(14)15(17)18-19/h3-8,19H,1-2H3,(H2,17,18). The first-order valence-corrected chi connectivity index (χ1v) is 6.83. The van der Waals surface area contributed by atoms with Crippen LogP contribution in [0, 0.1) is 13.8 Å². The molecule has 0 aromatic heterocycles. The van der Waals surface area contributed by atoms with Gasteiger partial charge < -0.3 is 15.7 Å². The Morgan fingerprint density at radius 3 is 2.40 bits per heavy atom. The first-order valence-electron chi connectivity index (χ1n) is 6.04. The Bertz CT molecular complexity index is 669. The summed E-state index contributed by atoms with van der Waals surface area (Å²) in [5, 5.41) is 11.9. The maximum Gasteiger partial charge on any atom is 0.173 e. The Hall–Kier alpha value is -2.01. The zero-order chi connectivity index (χ0) is 14.7. The molecule has 4 nitrogen and oxygen atoms in total. The molecule has 2 aromatic rings. The lowest BCUT2D eigenvalue weighted by Gasteiger charge is -2.12. The van der Waals surface area contributed by atoms with Crippen LogP contribution in [-0.4, -0.2) is 11.0 Å². The highest BCUT2D eigenvalue weighted by molar-refractivity contribution is 9.10. The number of benzene rings is 2. The number of halogens is 1. The van der Waals surface area contributed by atoms with E-state index in [2.05, 4.69) is 21.1 Å². The minimum atomic E-state index is 0.0169. The zero-order valence-electron chi connectivity index (χ0n) is 11.2. The fourth-order valence-corrected chi connectivity index (χ4v) is 2.36. The van der Waals surface area contributed by atoms with E-state index in [-0.39, 0.29) is 5.84 Å². The summed E-state index contributed by atoms with van der Waals surface area (Å²) in [5.74, 6) is 1.24. The molecule has 0 saturated heterocycles. The Morgan fingerprint density at radius 2 is 1.75 bits per heavy atom. The molecule has 0 aliphatic heterocycles. The summed E-state index contributed by atoms with van der Waals surface area (Å²) in [4.78, 5) is 0. The van der Waals surface area contributed by atoms with Crippen molar-refractivity contribution in [2.45, 2.75) is 13.8 Å². The molecular formula is C15H15BrN2O2. The largest absolute Gasteiger partial charge is 0.455 e. The lowest BCUT2D eigenvalue weighted by atomic mass is 10.1. The van der Waals surface area contributed by atoms with Crippen molar-refractivity contribution in [3.8, 4) is 11.5 Å². The fourth-order valence-electron chi connectivity index (χ4n) is 1.79. The molecular weight excluding hydrogens is 320 g/mol. The third kappa shape index (κ3) is 3.11. The number of aryl methyl sites for hydroxylation is 2. The van der Waals surface area contributed by atoms with E-state index in [1.807, 2.05) is 44.2 Å². The summed E-state index contributed by atoms with van der Waals surface area (Å²) in [6.45, 7) is 3.95. The molecule has 20 heavy (non-hydrogen) atoms. The van der Waals surface area contributed by atoms with E-state index >= 15 is 0 Å². The van der Waals surface area contributed by atoms with Crippen LogP contribution in [0.2, 0.25) is 0 Å². The quantitative estimate of drug-likeness (QED) is 0.386. The van der Waals surface area contributed by atoms with Gasteiger partial charge in [-0.3, -0.25) is 0 Å². The molecule has 0 saturated carbocycles. The molecule has 0 aliphatic rings. The smallest absolute Gasteiger partial charge is 0.173 e. The molecule has 5 heteroatoms. The molecule has 0 atom stereocenters. The summed E-state index contributed by atoms with van der Waals surface area (Å²) < 4.78 is 6.73. The van der Waals surface area contributed by atoms with Gasteiger partial charge in [0.25, 0.3) is 0 Å². The maximum atomic E-state index is 8.84.